The number of benzene rings is 1. The smallest absolute Gasteiger partial charge is 0.297 e. The summed E-state index contributed by atoms with van der Waals surface area (Å²) in [6.45, 7) is 8.66. The van der Waals surface area contributed by atoms with Crippen LogP contribution in [0.3, 0.4) is 0 Å². The Balaban J connectivity index is 1.73. The van der Waals surface area contributed by atoms with E-state index in [1.807, 2.05) is 6.92 Å². The summed E-state index contributed by atoms with van der Waals surface area (Å²) in [5.74, 6) is 0. The Morgan fingerprint density at radius 2 is 0.789 bits per heavy atom. The van der Waals surface area contributed by atoms with E-state index in [0.29, 0.717) is 99.1 Å². The Hall–Kier alpha value is -1.23. The maximum Gasteiger partial charge on any atom is 0.297 e. The first kappa shape index (κ1) is 34.8. The molecule has 222 valence electrons. The molecule has 0 aliphatic carbocycles. The van der Waals surface area contributed by atoms with Gasteiger partial charge in [0, 0.05) is 0 Å². The van der Waals surface area contributed by atoms with E-state index in [1.165, 1.54) is 12.1 Å². The first-order valence-corrected chi connectivity index (χ1v) is 14.2. The van der Waals surface area contributed by atoms with Crippen LogP contribution in [0.4, 0.5) is 0 Å². The summed E-state index contributed by atoms with van der Waals surface area (Å²) in [4.78, 5) is 0.128. The quantitative estimate of drug-likeness (QED) is 0.113. The number of aliphatic hydroxyl groups is 1. The van der Waals surface area contributed by atoms with Crippen LogP contribution >= 0.6 is 0 Å². The van der Waals surface area contributed by atoms with E-state index in [0.717, 1.165) is 5.56 Å². The van der Waals surface area contributed by atoms with Gasteiger partial charge in [0.15, 0.2) is 0 Å². The molecule has 1 N–H and O–H groups in total. The normalized spacial score (nSPS) is 11.8. The van der Waals surface area contributed by atoms with Gasteiger partial charge in [0.05, 0.1) is 124 Å². The molecule has 0 unspecified atom stereocenters. The monoisotopic (exact) mass is 568 g/mol. The zero-order chi connectivity index (χ0) is 27.6. The van der Waals surface area contributed by atoms with Crippen molar-refractivity contribution in [3.8, 4) is 0 Å². The minimum absolute atomic E-state index is 0.0175. The zero-order valence-electron chi connectivity index (χ0n) is 22.4. The second kappa shape index (κ2) is 24.8. The van der Waals surface area contributed by atoms with Crippen LogP contribution < -0.4 is 0 Å². The third kappa shape index (κ3) is 20.7. The van der Waals surface area contributed by atoms with Gasteiger partial charge in [-0.3, -0.25) is 4.18 Å². The van der Waals surface area contributed by atoms with E-state index < -0.39 is 10.1 Å². The van der Waals surface area contributed by atoms with Crippen LogP contribution in [0.1, 0.15) is 5.56 Å². The third-order valence-electron chi connectivity index (χ3n) is 4.62. The highest BCUT2D eigenvalue weighted by Gasteiger charge is 2.14. The lowest BCUT2D eigenvalue weighted by Crippen LogP contribution is -2.15. The van der Waals surface area contributed by atoms with E-state index in [1.54, 1.807) is 12.1 Å². The maximum absolute atomic E-state index is 12.0. The van der Waals surface area contributed by atoms with Gasteiger partial charge < -0.3 is 43.0 Å². The first-order valence-electron chi connectivity index (χ1n) is 12.7. The lowest BCUT2D eigenvalue weighted by atomic mass is 10.2. The number of aliphatic hydroxyl groups excluding tert-OH is 1. The standard InChI is InChI=1S/C25H44O12S/c1-24-2-4-25(5-3-24)38(27,28)37-23-22-36-21-20-35-19-18-34-17-16-33-15-14-32-13-12-31-11-10-30-9-8-29-7-6-26/h2-5,26H,6-23H2,1H3. The lowest BCUT2D eigenvalue weighted by molar-refractivity contribution is -0.0242. The molecule has 38 heavy (non-hydrogen) atoms. The van der Waals surface area contributed by atoms with Gasteiger partial charge >= 0.3 is 0 Å². The molecule has 0 bridgehead atoms. The van der Waals surface area contributed by atoms with Crippen molar-refractivity contribution in [3.05, 3.63) is 29.8 Å². The molecular formula is C25H44O12S. The number of aryl methyl sites for hydroxylation is 1. The van der Waals surface area contributed by atoms with Gasteiger partial charge in [-0.05, 0) is 19.1 Å². The van der Waals surface area contributed by atoms with Crippen LogP contribution in [0.2, 0.25) is 0 Å². The van der Waals surface area contributed by atoms with Gasteiger partial charge in [-0.15, -0.1) is 0 Å². The van der Waals surface area contributed by atoms with Crippen molar-refractivity contribution < 1.29 is 55.6 Å². The van der Waals surface area contributed by atoms with Crippen molar-refractivity contribution in [2.45, 2.75) is 11.8 Å². The van der Waals surface area contributed by atoms with E-state index in [9.17, 15) is 8.42 Å². The minimum Gasteiger partial charge on any atom is -0.394 e. The molecule has 0 heterocycles. The molecule has 13 heteroatoms. The van der Waals surface area contributed by atoms with Crippen molar-refractivity contribution in [2.75, 3.05) is 119 Å². The maximum atomic E-state index is 12.0. The van der Waals surface area contributed by atoms with Crippen molar-refractivity contribution in [2.24, 2.45) is 0 Å². The summed E-state index contributed by atoms with van der Waals surface area (Å²) in [6.07, 6.45) is 0. The molecule has 0 saturated heterocycles. The molecular weight excluding hydrogens is 524 g/mol. The predicted molar refractivity (Wildman–Crippen MR) is 138 cm³/mol. The molecule has 0 aromatic heterocycles. The molecule has 0 amide bonds. The van der Waals surface area contributed by atoms with Gasteiger partial charge in [0.1, 0.15) is 0 Å². The molecule has 0 fully saturated rings. The summed E-state index contributed by atoms with van der Waals surface area (Å²) >= 11 is 0. The van der Waals surface area contributed by atoms with Crippen molar-refractivity contribution in [1.29, 1.82) is 0 Å². The predicted octanol–water partition coefficient (Wildman–Crippen LogP) is 0.825. The second-order valence-corrected chi connectivity index (χ2v) is 9.33. The second-order valence-electron chi connectivity index (χ2n) is 7.71. The average Bonchev–Trinajstić information content (AvgIpc) is 2.91. The third-order valence-corrected chi connectivity index (χ3v) is 5.94. The summed E-state index contributed by atoms with van der Waals surface area (Å²) in [7, 11) is -3.77. The lowest BCUT2D eigenvalue weighted by Gasteiger charge is -2.09. The summed E-state index contributed by atoms with van der Waals surface area (Å²) in [5.41, 5.74) is 0.975. The Morgan fingerprint density at radius 3 is 1.11 bits per heavy atom. The molecule has 0 spiro atoms. The van der Waals surface area contributed by atoms with Gasteiger partial charge in [-0.25, -0.2) is 0 Å². The number of hydrogen-bond donors (Lipinski definition) is 1. The molecule has 0 saturated carbocycles. The van der Waals surface area contributed by atoms with E-state index in [-0.39, 0.29) is 24.7 Å². The van der Waals surface area contributed by atoms with Crippen LogP contribution in [-0.2, 0) is 52.2 Å². The van der Waals surface area contributed by atoms with Crippen LogP contribution in [0.5, 0.6) is 0 Å². The fourth-order valence-electron chi connectivity index (χ4n) is 2.68. The van der Waals surface area contributed by atoms with Crippen LogP contribution in [0.15, 0.2) is 29.2 Å². The SMILES string of the molecule is Cc1ccc(S(=O)(=O)OCCOCCOCCOCCOCCOCCOCCOCCOCCO)cc1. The Labute approximate surface area is 226 Å². The highest BCUT2D eigenvalue weighted by molar-refractivity contribution is 7.86. The van der Waals surface area contributed by atoms with Gasteiger partial charge in [0.2, 0.25) is 0 Å². The van der Waals surface area contributed by atoms with Crippen LogP contribution in [0.25, 0.3) is 0 Å². The van der Waals surface area contributed by atoms with Crippen molar-refractivity contribution in [3.63, 3.8) is 0 Å². The molecule has 0 atom stereocenters. The fraction of sp³-hybridized carbons (Fsp3) is 0.760. The highest BCUT2D eigenvalue weighted by Crippen LogP contribution is 2.12. The molecule has 0 aliphatic heterocycles. The van der Waals surface area contributed by atoms with E-state index in [4.69, 9.17) is 47.2 Å². The molecule has 0 aliphatic rings. The number of rotatable bonds is 28. The average molecular weight is 569 g/mol. The van der Waals surface area contributed by atoms with Gasteiger partial charge in [-0.2, -0.15) is 8.42 Å². The summed E-state index contributed by atoms with van der Waals surface area (Å²) in [5, 5.41) is 8.56. The van der Waals surface area contributed by atoms with Crippen LogP contribution in [-0.4, -0.2) is 132 Å². The first-order chi connectivity index (χ1) is 18.6. The van der Waals surface area contributed by atoms with Crippen molar-refractivity contribution in [1.82, 2.24) is 0 Å². The van der Waals surface area contributed by atoms with Crippen molar-refractivity contribution >= 4 is 10.1 Å². The Morgan fingerprint density at radius 1 is 0.500 bits per heavy atom. The van der Waals surface area contributed by atoms with Crippen LogP contribution in [0, 0.1) is 6.92 Å². The summed E-state index contributed by atoms with van der Waals surface area (Å²) in [6, 6.07) is 6.47. The molecule has 1 aromatic carbocycles. The largest absolute Gasteiger partial charge is 0.394 e. The fourth-order valence-corrected chi connectivity index (χ4v) is 3.57. The molecule has 0 radical (unpaired) electrons. The summed E-state index contributed by atoms with van der Waals surface area (Å²) < 4.78 is 71.7. The van der Waals surface area contributed by atoms with Gasteiger partial charge in [0.25, 0.3) is 10.1 Å². The Bertz CT molecular complexity index is 745. The van der Waals surface area contributed by atoms with E-state index in [2.05, 4.69) is 0 Å². The molecule has 12 nitrogen and oxygen atoms in total. The number of hydrogen-bond acceptors (Lipinski definition) is 12. The molecule has 1 rings (SSSR count). The molecule has 1 aromatic rings. The minimum atomic E-state index is -3.77. The zero-order valence-corrected chi connectivity index (χ0v) is 23.2. The highest BCUT2D eigenvalue weighted by atomic mass is 32.2. The van der Waals surface area contributed by atoms with E-state index >= 15 is 0 Å². The topological polar surface area (TPSA) is 137 Å². The number of ether oxygens (including phenoxy) is 8. The van der Waals surface area contributed by atoms with Gasteiger partial charge in [-0.1, -0.05) is 17.7 Å². The Kier molecular flexibility index (Phi) is 22.7.